The minimum atomic E-state index is -0.257. The van der Waals surface area contributed by atoms with Crippen LogP contribution in [0.4, 0.5) is 0 Å². The number of hydrogen-bond donors (Lipinski definition) is 0. The van der Waals surface area contributed by atoms with Gasteiger partial charge in [0.05, 0.1) is 6.61 Å². The molecule has 4 heteroatoms. The minimum Gasteiger partial charge on any atom is -0.463 e. The molecule has 0 N–H and O–H groups in total. The van der Waals surface area contributed by atoms with Crippen molar-refractivity contribution in [1.29, 1.82) is 0 Å². The van der Waals surface area contributed by atoms with Crippen LogP contribution in [0.1, 0.15) is 19.8 Å². The standard InChI is InChI=1S/C14H26N2O2/c1-5-18-14(17)12(2)10-16-8-6-13(7-9-16)11-15(3)4/h13H,2,5-11H2,1,3-4H3. The number of rotatable bonds is 6. The molecule has 18 heavy (non-hydrogen) atoms. The van der Waals surface area contributed by atoms with Crippen LogP contribution in [0.25, 0.3) is 0 Å². The quantitative estimate of drug-likeness (QED) is 0.529. The zero-order chi connectivity index (χ0) is 13.5. The summed E-state index contributed by atoms with van der Waals surface area (Å²) in [4.78, 5) is 16.0. The molecule has 0 aromatic heterocycles. The van der Waals surface area contributed by atoms with E-state index in [0.29, 0.717) is 18.7 Å². The topological polar surface area (TPSA) is 32.8 Å². The second-order valence-electron chi connectivity index (χ2n) is 5.31. The van der Waals surface area contributed by atoms with Gasteiger partial charge < -0.3 is 9.64 Å². The van der Waals surface area contributed by atoms with Gasteiger partial charge >= 0.3 is 5.97 Å². The van der Waals surface area contributed by atoms with Crippen LogP contribution in [0.5, 0.6) is 0 Å². The van der Waals surface area contributed by atoms with Crippen LogP contribution in [-0.4, -0.2) is 62.7 Å². The summed E-state index contributed by atoms with van der Waals surface area (Å²) >= 11 is 0. The van der Waals surface area contributed by atoms with Crippen LogP contribution in [0, 0.1) is 5.92 Å². The average molecular weight is 254 g/mol. The van der Waals surface area contributed by atoms with Crippen LogP contribution in [0.3, 0.4) is 0 Å². The largest absolute Gasteiger partial charge is 0.463 e. The Morgan fingerprint density at radius 2 is 2.00 bits per heavy atom. The zero-order valence-corrected chi connectivity index (χ0v) is 11.9. The highest BCUT2D eigenvalue weighted by Crippen LogP contribution is 2.18. The molecule has 1 saturated heterocycles. The van der Waals surface area contributed by atoms with Gasteiger partial charge in [0.25, 0.3) is 0 Å². The molecule has 1 rings (SSSR count). The molecule has 104 valence electrons. The smallest absolute Gasteiger partial charge is 0.334 e. The third kappa shape index (κ3) is 5.19. The summed E-state index contributed by atoms with van der Waals surface area (Å²) in [5.74, 6) is 0.528. The monoisotopic (exact) mass is 254 g/mol. The Morgan fingerprint density at radius 3 is 2.50 bits per heavy atom. The maximum atomic E-state index is 11.5. The summed E-state index contributed by atoms with van der Waals surface area (Å²) < 4.78 is 4.95. The van der Waals surface area contributed by atoms with Crippen molar-refractivity contribution in [3.63, 3.8) is 0 Å². The first-order chi connectivity index (χ1) is 8.52. The van der Waals surface area contributed by atoms with Gasteiger partial charge in [-0.1, -0.05) is 6.58 Å². The maximum Gasteiger partial charge on any atom is 0.334 e. The molecule has 0 aliphatic carbocycles. The molecule has 0 amide bonds. The van der Waals surface area contributed by atoms with Gasteiger partial charge in [-0.25, -0.2) is 4.79 Å². The van der Waals surface area contributed by atoms with Crippen LogP contribution >= 0.6 is 0 Å². The third-order valence-electron chi connectivity index (χ3n) is 3.31. The molecule has 0 spiro atoms. The van der Waals surface area contributed by atoms with E-state index < -0.39 is 0 Å². The van der Waals surface area contributed by atoms with Gasteiger partial charge in [-0.15, -0.1) is 0 Å². The highest BCUT2D eigenvalue weighted by molar-refractivity contribution is 5.88. The molecule has 1 fully saturated rings. The van der Waals surface area contributed by atoms with Crippen LogP contribution in [0.15, 0.2) is 12.2 Å². The molecule has 0 aromatic carbocycles. The Labute approximate surface area is 111 Å². The molecule has 0 bridgehead atoms. The van der Waals surface area contributed by atoms with Gasteiger partial charge in [-0.3, -0.25) is 4.90 Å². The lowest BCUT2D eigenvalue weighted by molar-refractivity contribution is -0.138. The van der Waals surface area contributed by atoms with Gasteiger partial charge in [0.1, 0.15) is 0 Å². The van der Waals surface area contributed by atoms with Crippen LogP contribution in [-0.2, 0) is 9.53 Å². The molecule has 4 nitrogen and oxygen atoms in total. The molecular formula is C14H26N2O2. The van der Waals surface area contributed by atoms with E-state index in [1.165, 1.54) is 12.8 Å². The van der Waals surface area contributed by atoms with Gasteiger partial charge in [0.2, 0.25) is 0 Å². The van der Waals surface area contributed by atoms with Gasteiger partial charge in [0.15, 0.2) is 0 Å². The summed E-state index contributed by atoms with van der Waals surface area (Å²) in [6.45, 7) is 9.96. The van der Waals surface area contributed by atoms with Crippen LogP contribution < -0.4 is 0 Å². The van der Waals surface area contributed by atoms with Crippen molar-refractivity contribution in [1.82, 2.24) is 9.80 Å². The fourth-order valence-electron chi connectivity index (χ4n) is 2.41. The number of likely N-dealkylation sites (tertiary alicyclic amines) is 1. The lowest BCUT2D eigenvalue weighted by Gasteiger charge is -2.33. The van der Waals surface area contributed by atoms with Gasteiger partial charge in [-0.05, 0) is 52.9 Å². The second-order valence-corrected chi connectivity index (χ2v) is 5.31. The fraction of sp³-hybridized carbons (Fsp3) is 0.786. The number of nitrogens with zero attached hydrogens (tertiary/aromatic N) is 2. The molecule has 0 aromatic rings. The molecular weight excluding hydrogens is 228 g/mol. The second kappa shape index (κ2) is 7.54. The van der Waals surface area contributed by atoms with E-state index in [0.717, 1.165) is 25.6 Å². The normalized spacial score (nSPS) is 18.0. The van der Waals surface area contributed by atoms with Crippen molar-refractivity contribution >= 4 is 5.97 Å². The van der Waals surface area contributed by atoms with Crippen LogP contribution in [0.2, 0.25) is 0 Å². The van der Waals surface area contributed by atoms with Gasteiger partial charge in [-0.2, -0.15) is 0 Å². The van der Waals surface area contributed by atoms with Crippen molar-refractivity contribution in [2.45, 2.75) is 19.8 Å². The first-order valence-electron chi connectivity index (χ1n) is 6.75. The Kier molecular flexibility index (Phi) is 6.36. The van der Waals surface area contributed by atoms with Crippen molar-refractivity contribution in [2.24, 2.45) is 5.92 Å². The Morgan fingerprint density at radius 1 is 1.39 bits per heavy atom. The lowest BCUT2D eigenvalue weighted by Crippen LogP contribution is -2.38. The predicted octanol–water partition coefficient (Wildman–Crippen LogP) is 1.38. The fourth-order valence-corrected chi connectivity index (χ4v) is 2.41. The van der Waals surface area contributed by atoms with Gasteiger partial charge in [0, 0.05) is 18.7 Å². The van der Waals surface area contributed by atoms with E-state index in [1.54, 1.807) is 0 Å². The van der Waals surface area contributed by atoms with Crippen molar-refractivity contribution in [3.05, 3.63) is 12.2 Å². The first kappa shape index (κ1) is 15.2. The average Bonchev–Trinajstić information content (AvgIpc) is 2.31. The summed E-state index contributed by atoms with van der Waals surface area (Å²) in [5, 5.41) is 0. The van der Waals surface area contributed by atoms with E-state index in [4.69, 9.17) is 4.74 Å². The highest BCUT2D eigenvalue weighted by Gasteiger charge is 2.21. The molecule has 1 aliphatic heterocycles. The summed E-state index contributed by atoms with van der Waals surface area (Å²) in [7, 11) is 4.24. The summed E-state index contributed by atoms with van der Waals surface area (Å²) in [5.41, 5.74) is 0.572. The zero-order valence-electron chi connectivity index (χ0n) is 11.9. The number of piperidine rings is 1. The maximum absolute atomic E-state index is 11.5. The Balaban J connectivity index is 2.27. The third-order valence-corrected chi connectivity index (χ3v) is 3.31. The highest BCUT2D eigenvalue weighted by atomic mass is 16.5. The number of carbonyl (C=O) groups is 1. The Bertz CT molecular complexity index is 282. The minimum absolute atomic E-state index is 0.257. The van der Waals surface area contributed by atoms with Crippen molar-refractivity contribution in [2.75, 3.05) is 46.9 Å². The molecule has 0 atom stereocenters. The van der Waals surface area contributed by atoms with E-state index in [-0.39, 0.29) is 5.97 Å². The summed E-state index contributed by atoms with van der Waals surface area (Å²) in [6, 6.07) is 0. The Hall–Kier alpha value is -0.870. The number of carbonyl (C=O) groups excluding carboxylic acids is 1. The number of esters is 1. The molecule has 0 saturated carbocycles. The molecule has 0 radical (unpaired) electrons. The lowest BCUT2D eigenvalue weighted by atomic mass is 9.96. The number of ether oxygens (including phenoxy) is 1. The van der Waals surface area contributed by atoms with Crippen molar-refractivity contribution < 1.29 is 9.53 Å². The molecule has 1 aliphatic rings. The molecule has 1 heterocycles. The SMILES string of the molecule is C=C(CN1CCC(CN(C)C)CC1)C(=O)OCC. The van der Waals surface area contributed by atoms with E-state index >= 15 is 0 Å². The summed E-state index contributed by atoms with van der Waals surface area (Å²) in [6.07, 6.45) is 2.41. The first-order valence-corrected chi connectivity index (χ1v) is 6.75. The predicted molar refractivity (Wildman–Crippen MR) is 73.5 cm³/mol. The van der Waals surface area contributed by atoms with E-state index in [2.05, 4.69) is 30.5 Å². The number of hydrogen-bond acceptors (Lipinski definition) is 4. The molecule has 0 unspecified atom stereocenters. The van der Waals surface area contributed by atoms with Crippen molar-refractivity contribution in [3.8, 4) is 0 Å². The van der Waals surface area contributed by atoms with E-state index in [9.17, 15) is 4.79 Å². The van der Waals surface area contributed by atoms with E-state index in [1.807, 2.05) is 6.92 Å².